The number of hydrogen-bond donors (Lipinski definition) is 1. The Labute approximate surface area is 127 Å². The molecule has 0 aliphatic carbocycles. The van der Waals surface area contributed by atoms with Crippen molar-refractivity contribution >= 4 is 5.69 Å². The van der Waals surface area contributed by atoms with Crippen LogP contribution in [0.15, 0.2) is 54.6 Å². The van der Waals surface area contributed by atoms with Gasteiger partial charge in [0.25, 0.3) is 0 Å². The molecule has 22 heavy (non-hydrogen) atoms. The van der Waals surface area contributed by atoms with Crippen LogP contribution in [-0.2, 0) is 6.18 Å². The molecule has 0 fully saturated rings. The second kappa shape index (κ2) is 6.52. The third-order valence-electron chi connectivity index (χ3n) is 3.40. The first-order valence-corrected chi connectivity index (χ1v) is 6.80. The predicted molar refractivity (Wildman–Crippen MR) is 79.0 cm³/mol. The average Bonchev–Trinajstić information content (AvgIpc) is 2.52. The summed E-state index contributed by atoms with van der Waals surface area (Å²) in [5.41, 5.74) is 0.764. The average molecular weight is 304 g/mol. The van der Waals surface area contributed by atoms with Gasteiger partial charge in [-0.3, -0.25) is 0 Å². The van der Waals surface area contributed by atoms with Crippen LogP contribution in [0, 0.1) is 17.2 Å². The van der Waals surface area contributed by atoms with E-state index in [9.17, 15) is 13.2 Å². The number of hydrogen-bond acceptors (Lipinski definition) is 2. The van der Waals surface area contributed by atoms with Crippen molar-refractivity contribution in [2.24, 2.45) is 5.92 Å². The van der Waals surface area contributed by atoms with Crippen LogP contribution < -0.4 is 5.32 Å². The maximum absolute atomic E-state index is 12.6. The molecular formula is C17H15F3N2. The lowest BCUT2D eigenvalue weighted by molar-refractivity contribution is -0.137. The number of halogens is 3. The molecule has 1 N–H and O–H groups in total. The molecular weight excluding hydrogens is 289 g/mol. The van der Waals surface area contributed by atoms with Gasteiger partial charge in [0.05, 0.1) is 23.6 Å². The smallest absolute Gasteiger partial charge is 0.377 e. The van der Waals surface area contributed by atoms with E-state index in [4.69, 9.17) is 5.26 Å². The van der Waals surface area contributed by atoms with Gasteiger partial charge in [-0.15, -0.1) is 0 Å². The molecule has 0 aromatic heterocycles. The molecule has 0 aliphatic heterocycles. The lowest BCUT2D eigenvalue weighted by Gasteiger charge is -2.23. The summed E-state index contributed by atoms with van der Waals surface area (Å²) in [7, 11) is 0. The largest absolute Gasteiger partial charge is 0.416 e. The summed E-state index contributed by atoms with van der Waals surface area (Å²) >= 11 is 0. The zero-order valence-electron chi connectivity index (χ0n) is 11.9. The number of benzene rings is 2. The second-order valence-corrected chi connectivity index (χ2v) is 5.03. The molecule has 5 heteroatoms. The SMILES string of the molecule is CC(C#N)C(Nc1ccccc1)c1ccc(C(F)(F)F)cc1. The summed E-state index contributed by atoms with van der Waals surface area (Å²) in [4.78, 5) is 0. The summed E-state index contributed by atoms with van der Waals surface area (Å²) in [5.74, 6) is -0.392. The van der Waals surface area contributed by atoms with E-state index < -0.39 is 17.7 Å². The van der Waals surface area contributed by atoms with Crippen LogP contribution in [0.4, 0.5) is 18.9 Å². The maximum atomic E-state index is 12.6. The number of rotatable bonds is 4. The molecule has 0 bridgehead atoms. The Morgan fingerprint density at radius 2 is 1.59 bits per heavy atom. The van der Waals surface area contributed by atoms with Crippen molar-refractivity contribution in [2.75, 3.05) is 5.32 Å². The predicted octanol–water partition coefficient (Wildman–Crippen LogP) is 5.02. The third-order valence-corrected chi connectivity index (χ3v) is 3.40. The van der Waals surface area contributed by atoms with E-state index in [2.05, 4.69) is 11.4 Å². The standard InChI is InChI=1S/C17H15F3N2/c1-12(11-21)16(22-15-5-3-2-4-6-15)13-7-9-14(10-8-13)17(18,19)20/h2-10,12,16,22H,1H3. The van der Waals surface area contributed by atoms with Crippen molar-refractivity contribution < 1.29 is 13.2 Å². The number of nitrogens with one attached hydrogen (secondary N) is 1. The number of nitriles is 1. The Morgan fingerprint density at radius 3 is 2.09 bits per heavy atom. The Bertz CT molecular complexity index is 642. The van der Waals surface area contributed by atoms with Crippen LogP contribution in [0.3, 0.4) is 0 Å². The maximum Gasteiger partial charge on any atom is 0.416 e. The minimum Gasteiger partial charge on any atom is -0.377 e. The van der Waals surface area contributed by atoms with Gasteiger partial charge in [-0.1, -0.05) is 30.3 Å². The zero-order valence-corrected chi connectivity index (χ0v) is 11.9. The first-order valence-electron chi connectivity index (χ1n) is 6.80. The fourth-order valence-corrected chi connectivity index (χ4v) is 2.16. The fourth-order valence-electron chi connectivity index (χ4n) is 2.16. The number of alkyl halides is 3. The molecule has 2 unspecified atom stereocenters. The van der Waals surface area contributed by atoms with Crippen LogP contribution in [0.1, 0.15) is 24.1 Å². The summed E-state index contributed by atoms with van der Waals surface area (Å²) in [6.45, 7) is 1.73. The summed E-state index contributed by atoms with van der Waals surface area (Å²) < 4.78 is 37.9. The highest BCUT2D eigenvalue weighted by molar-refractivity contribution is 5.46. The topological polar surface area (TPSA) is 35.8 Å². The van der Waals surface area contributed by atoms with Gasteiger partial charge in [0.2, 0.25) is 0 Å². The van der Waals surface area contributed by atoms with Crippen LogP contribution in [0.5, 0.6) is 0 Å². The molecule has 114 valence electrons. The third kappa shape index (κ3) is 3.79. The van der Waals surface area contributed by atoms with E-state index in [1.807, 2.05) is 30.3 Å². The normalized spacial score (nSPS) is 14.0. The van der Waals surface area contributed by atoms with Crippen LogP contribution in [-0.4, -0.2) is 0 Å². The van der Waals surface area contributed by atoms with Crippen LogP contribution >= 0.6 is 0 Å². The monoisotopic (exact) mass is 304 g/mol. The Hall–Kier alpha value is -2.48. The van der Waals surface area contributed by atoms with Crippen molar-refractivity contribution in [3.63, 3.8) is 0 Å². The Kier molecular flexibility index (Phi) is 4.71. The quantitative estimate of drug-likeness (QED) is 0.861. The minimum atomic E-state index is -4.36. The summed E-state index contributed by atoms with van der Waals surface area (Å²) in [6, 6.07) is 15.9. The van der Waals surface area contributed by atoms with Crippen molar-refractivity contribution in [1.29, 1.82) is 5.26 Å². The zero-order chi connectivity index (χ0) is 16.2. The molecule has 0 amide bonds. The van der Waals surface area contributed by atoms with E-state index in [-0.39, 0.29) is 6.04 Å². The van der Waals surface area contributed by atoms with Gasteiger partial charge in [0.1, 0.15) is 0 Å². The second-order valence-electron chi connectivity index (χ2n) is 5.03. The Morgan fingerprint density at radius 1 is 1.00 bits per heavy atom. The minimum absolute atomic E-state index is 0.380. The van der Waals surface area contributed by atoms with Gasteiger partial charge >= 0.3 is 6.18 Å². The van der Waals surface area contributed by atoms with E-state index in [0.29, 0.717) is 5.56 Å². The van der Waals surface area contributed by atoms with Crippen molar-refractivity contribution in [3.05, 3.63) is 65.7 Å². The lowest BCUT2D eigenvalue weighted by Crippen LogP contribution is -2.18. The molecule has 2 aromatic carbocycles. The highest BCUT2D eigenvalue weighted by Crippen LogP contribution is 2.32. The van der Waals surface area contributed by atoms with Gasteiger partial charge in [-0.25, -0.2) is 0 Å². The van der Waals surface area contributed by atoms with Gasteiger partial charge in [0.15, 0.2) is 0 Å². The molecule has 0 radical (unpaired) electrons. The van der Waals surface area contributed by atoms with Crippen LogP contribution in [0.25, 0.3) is 0 Å². The highest BCUT2D eigenvalue weighted by Gasteiger charge is 2.30. The molecule has 0 aliphatic rings. The van der Waals surface area contributed by atoms with Crippen LogP contribution in [0.2, 0.25) is 0 Å². The number of anilines is 1. The van der Waals surface area contributed by atoms with Gasteiger partial charge in [-0.05, 0) is 36.8 Å². The number of para-hydroxylation sites is 1. The van der Waals surface area contributed by atoms with Gasteiger partial charge < -0.3 is 5.32 Å². The van der Waals surface area contributed by atoms with E-state index in [0.717, 1.165) is 17.8 Å². The highest BCUT2D eigenvalue weighted by atomic mass is 19.4. The Balaban J connectivity index is 2.28. The summed E-state index contributed by atoms with van der Waals surface area (Å²) in [5, 5.41) is 12.4. The van der Waals surface area contributed by atoms with E-state index >= 15 is 0 Å². The molecule has 0 saturated carbocycles. The van der Waals surface area contributed by atoms with Crippen molar-refractivity contribution in [1.82, 2.24) is 0 Å². The molecule has 2 atom stereocenters. The fraction of sp³-hybridized carbons (Fsp3) is 0.235. The van der Waals surface area contributed by atoms with Gasteiger partial charge in [-0.2, -0.15) is 18.4 Å². The van der Waals surface area contributed by atoms with E-state index in [1.165, 1.54) is 12.1 Å². The molecule has 0 heterocycles. The van der Waals surface area contributed by atoms with Crippen molar-refractivity contribution in [2.45, 2.75) is 19.1 Å². The molecule has 0 saturated heterocycles. The van der Waals surface area contributed by atoms with Gasteiger partial charge in [0, 0.05) is 5.69 Å². The molecule has 2 rings (SSSR count). The number of nitrogens with zero attached hydrogens (tertiary/aromatic N) is 1. The van der Waals surface area contributed by atoms with Crippen molar-refractivity contribution in [3.8, 4) is 6.07 Å². The first kappa shape index (κ1) is 15.9. The first-order chi connectivity index (χ1) is 10.4. The van der Waals surface area contributed by atoms with E-state index in [1.54, 1.807) is 6.92 Å². The molecule has 0 spiro atoms. The molecule has 2 nitrogen and oxygen atoms in total. The summed E-state index contributed by atoms with van der Waals surface area (Å²) in [6.07, 6.45) is -4.36. The molecule has 2 aromatic rings. The lowest BCUT2D eigenvalue weighted by atomic mass is 9.94.